The summed E-state index contributed by atoms with van der Waals surface area (Å²) in [5, 5.41) is 1.75. The van der Waals surface area contributed by atoms with Gasteiger partial charge in [-0.25, -0.2) is 4.98 Å². The molecule has 7 rings (SSSR count). The first-order chi connectivity index (χ1) is 21.2. The average Bonchev–Trinajstić information content (AvgIpc) is 3.44. The zero-order valence-corrected chi connectivity index (χ0v) is 23.5. The van der Waals surface area contributed by atoms with Gasteiger partial charge < -0.3 is 14.4 Å². The molecule has 0 aliphatic heterocycles. The van der Waals surface area contributed by atoms with Crippen LogP contribution in [0.25, 0.3) is 44.6 Å². The van der Waals surface area contributed by atoms with Gasteiger partial charge in [-0.3, -0.25) is 0 Å². The van der Waals surface area contributed by atoms with Gasteiger partial charge in [-0.05, 0) is 47.6 Å². The van der Waals surface area contributed by atoms with Crippen LogP contribution in [0, 0.1) is 19.0 Å². The van der Waals surface area contributed by atoms with E-state index in [0.717, 1.165) is 33.3 Å². The molecular formula is C35H25IrN3O-2. The van der Waals surface area contributed by atoms with E-state index in [2.05, 4.69) is 27.1 Å². The number of aromatic nitrogens is 3. The third-order valence-corrected chi connectivity index (χ3v) is 6.01. The average molecular weight is 701 g/mol. The smallest absolute Gasteiger partial charge is 0.216 e. The van der Waals surface area contributed by atoms with Gasteiger partial charge in [-0.2, -0.15) is 0 Å². The molecule has 1 radical (unpaired) electrons. The normalized spacial score (nSPS) is 13.1. The molecule has 0 spiro atoms. The van der Waals surface area contributed by atoms with Crippen LogP contribution >= 0.6 is 0 Å². The number of aryl methyl sites for hydroxylation is 1. The van der Waals surface area contributed by atoms with Gasteiger partial charge in [0, 0.05) is 56.8 Å². The molecule has 0 fully saturated rings. The Morgan fingerprint density at radius 2 is 1.65 bits per heavy atom. The van der Waals surface area contributed by atoms with Crippen LogP contribution in [0.1, 0.15) is 23.7 Å². The Bertz CT molecular complexity index is 2020. The van der Waals surface area contributed by atoms with E-state index in [1.165, 1.54) is 6.20 Å². The van der Waals surface area contributed by atoms with E-state index >= 15 is 0 Å². The second-order valence-electron chi connectivity index (χ2n) is 8.66. The minimum absolute atomic E-state index is 0. The van der Waals surface area contributed by atoms with Crippen LogP contribution in [0.3, 0.4) is 0 Å². The standard InChI is InChI=1S/C23H15N2O.C12H10N.Ir/c1-2-7-16(8-3-1)15-17-12-13-19-18-9-6-10-20(21-11-4-5-14-24-21)22(18)26-23(19)25-17;1-10-7-8-12(13-9-10)11-5-3-2-4-6-11;/h1-9,11-14H,15H2;2-5,7-9H,1H3;/q2*-1;/i15D2;1D3;. The molecule has 7 aromatic rings. The predicted molar refractivity (Wildman–Crippen MR) is 156 cm³/mol. The Morgan fingerprint density at radius 3 is 2.40 bits per heavy atom. The van der Waals surface area contributed by atoms with Crippen LogP contribution in [0.2, 0.25) is 0 Å². The van der Waals surface area contributed by atoms with Gasteiger partial charge in [0.25, 0.3) is 0 Å². The molecule has 5 heteroatoms. The van der Waals surface area contributed by atoms with E-state index < -0.39 is 13.2 Å². The van der Waals surface area contributed by atoms with Gasteiger partial charge in [-0.1, -0.05) is 65.5 Å². The van der Waals surface area contributed by atoms with Gasteiger partial charge in [0.2, 0.25) is 5.71 Å². The molecule has 0 atom stereocenters. The summed E-state index contributed by atoms with van der Waals surface area (Å²) in [7, 11) is 0. The number of furan rings is 1. The fourth-order valence-electron chi connectivity index (χ4n) is 4.17. The largest absolute Gasteiger partial charge is 0.486 e. The molecule has 0 saturated carbocycles. The molecule has 0 aliphatic carbocycles. The Labute approximate surface area is 254 Å². The number of benzene rings is 3. The Balaban J connectivity index is 0.000000202. The van der Waals surface area contributed by atoms with E-state index in [-0.39, 0.29) is 25.7 Å². The number of pyridine rings is 3. The zero-order valence-electron chi connectivity index (χ0n) is 26.1. The van der Waals surface area contributed by atoms with Gasteiger partial charge >= 0.3 is 0 Å². The molecule has 3 aromatic carbocycles. The minimum Gasteiger partial charge on any atom is -0.486 e. The summed E-state index contributed by atoms with van der Waals surface area (Å²) in [6, 6.07) is 39.1. The fourth-order valence-corrected chi connectivity index (χ4v) is 4.17. The van der Waals surface area contributed by atoms with Crippen molar-refractivity contribution in [3.8, 4) is 22.5 Å². The van der Waals surface area contributed by atoms with Crippen molar-refractivity contribution in [2.45, 2.75) is 13.2 Å². The molecule has 0 amide bonds. The van der Waals surface area contributed by atoms with Gasteiger partial charge in [0.15, 0.2) is 0 Å². The Hall–Kier alpha value is -4.44. The van der Waals surface area contributed by atoms with Crippen LogP contribution in [-0.4, -0.2) is 15.0 Å². The van der Waals surface area contributed by atoms with Crippen molar-refractivity contribution in [1.29, 1.82) is 0 Å². The van der Waals surface area contributed by atoms with Crippen molar-refractivity contribution in [3.63, 3.8) is 0 Å². The molecule has 197 valence electrons. The summed E-state index contributed by atoms with van der Waals surface area (Å²) in [6.07, 6.45) is 1.41. The summed E-state index contributed by atoms with van der Waals surface area (Å²) in [6.45, 7) is -2.09. The van der Waals surface area contributed by atoms with Crippen molar-refractivity contribution < 1.29 is 31.4 Å². The molecule has 0 bridgehead atoms. The van der Waals surface area contributed by atoms with E-state index in [4.69, 9.17) is 11.3 Å². The molecule has 4 nitrogen and oxygen atoms in total. The Kier molecular flexibility index (Phi) is 6.74. The van der Waals surface area contributed by atoms with Crippen LogP contribution < -0.4 is 0 Å². The SMILES string of the molecule is [2H]C([2H])([2H])c1ccc(-c2[c-]cccc2)nc1.[2H]C([2H])(c1ccccc1)c1ccc2c(n1)oc1c(-c3ccccn3)[c-]ccc12.[Ir]. The summed E-state index contributed by atoms with van der Waals surface area (Å²) >= 11 is 0. The second-order valence-corrected chi connectivity index (χ2v) is 8.66. The molecule has 4 heterocycles. The van der Waals surface area contributed by atoms with E-state index in [9.17, 15) is 0 Å². The third kappa shape index (κ3) is 6.07. The molecule has 0 unspecified atom stereocenters. The van der Waals surface area contributed by atoms with Gasteiger partial charge in [-0.15, -0.1) is 54.1 Å². The summed E-state index contributed by atoms with van der Waals surface area (Å²) in [5.74, 6) is 0. The fraction of sp³-hybridized carbons (Fsp3) is 0.0571. The first-order valence-electron chi connectivity index (χ1n) is 14.9. The Morgan fingerprint density at radius 1 is 0.775 bits per heavy atom. The van der Waals surface area contributed by atoms with Crippen LogP contribution in [0.15, 0.2) is 126 Å². The van der Waals surface area contributed by atoms with Crippen molar-refractivity contribution in [2.24, 2.45) is 0 Å². The van der Waals surface area contributed by atoms with Crippen molar-refractivity contribution in [3.05, 3.63) is 151 Å². The van der Waals surface area contributed by atoms with E-state index in [1.807, 2.05) is 72.8 Å². The number of nitrogens with zero attached hydrogens (tertiary/aromatic N) is 3. The van der Waals surface area contributed by atoms with Gasteiger partial charge in [0.05, 0.1) is 5.58 Å². The molecule has 0 saturated heterocycles. The summed E-state index contributed by atoms with van der Waals surface area (Å²) < 4.78 is 44.8. The molecule has 4 aromatic heterocycles. The maximum atomic E-state index is 8.54. The molecule has 0 N–H and O–H groups in total. The maximum Gasteiger partial charge on any atom is 0.216 e. The zero-order chi connectivity index (χ0) is 30.7. The number of hydrogen-bond acceptors (Lipinski definition) is 4. The van der Waals surface area contributed by atoms with Crippen molar-refractivity contribution >= 4 is 22.1 Å². The summed E-state index contributed by atoms with van der Waals surface area (Å²) in [5.41, 5.74) is 5.32. The van der Waals surface area contributed by atoms with Crippen LogP contribution in [0.4, 0.5) is 0 Å². The van der Waals surface area contributed by atoms with Crippen LogP contribution in [0.5, 0.6) is 0 Å². The number of fused-ring (bicyclic) bond motifs is 3. The third-order valence-electron chi connectivity index (χ3n) is 6.01. The monoisotopic (exact) mass is 701 g/mol. The quantitative estimate of drug-likeness (QED) is 0.174. The number of rotatable bonds is 4. The van der Waals surface area contributed by atoms with Crippen molar-refractivity contribution in [1.82, 2.24) is 15.0 Å². The molecular weight excluding hydrogens is 671 g/mol. The first-order valence-corrected chi connectivity index (χ1v) is 12.4. The van der Waals surface area contributed by atoms with E-state index in [0.29, 0.717) is 22.6 Å². The van der Waals surface area contributed by atoms with E-state index in [1.54, 1.807) is 42.6 Å². The minimum atomic E-state index is -2.09. The predicted octanol–water partition coefficient (Wildman–Crippen LogP) is 8.29. The van der Waals surface area contributed by atoms with Crippen molar-refractivity contribution in [2.75, 3.05) is 0 Å². The first kappa shape index (κ1) is 21.4. The molecule has 40 heavy (non-hydrogen) atoms. The summed E-state index contributed by atoms with van der Waals surface area (Å²) in [4.78, 5) is 13.0. The maximum absolute atomic E-state index is 8.54. The van der Waals surface area contributed by atoms with Crippen LogP contribution in [-0.2, 0) is 26.5 Å². The number of hydrogen-bond donors (Lipinski definition) is 0. The van der Waals surface area contributed by atoms with Gasteiger partial charge in [0.1, 0.15) is 0 Å². The molecule has 0 aliphatic rings. The topological polar surface area (TPSA) is 51.8 Å². The second kappa shape index (κ2) is 12.6.